The van der Waals surface area contributed by atoms with Gasteiger partial charge in [0.15, 0.2) is 5.11 Å². The third-order valence-electron chi connectivity index (χ3n) is 3.49. The number of amides is 1. The molecule has 0 unspecified atom stereocenters. The molecule has 0 aliphatic rings. The van der Waals surface area contributed by atoms with Gasteiger partial charge in [-0.25, -0.2) is 0 Å². The van der Waals surface area contributed by atoms with Crippen LogP contribution >= 0.6 is 12.2 Å². The van der Waals surface area contributed by atoms with Crippen molar-refractivity contribution >= 4 is 28.9 Å². The Kier molecular flexibility index (Phi) is 7.98. The molecular formula is C17H29N4OS+. The lowest BCUT2D eigenvalue weighted by atomic mass is 10.1. The van der Waals surface area contributed by atoms with Crippen molar-refractivity contribution in [2.24, 2.45) is 0 Å². The van der Waals surface area contributed by atoms with Gasteiger partial charge < -0.3 is 20.9 Å². The highest BCUT2D eigenvalue weighted by atomic mass is 32.1. The Morgan fingerprint density at radius 3 is 2.30 bits per heavy atom. The minimum Gasteiger partial charge on any atom is -0.363 e. The molecule has 0 saturated carbocycles. The number of hydrogen-bond donors (Lipinski definition) is 4. The molecule has 1 amide bonds. The molecule has 0 atom stereocenters. The molecule has 4 N–H and O–H groups in total. The molecular weight excluding hydrogens is 308 g/mol. The molecule has 0 saturated heterocycles. The maximum atomic E-state index is 12.1. The number of benzene rings is 1. The van der Waals surface area contributed by atoms with Crippen LogP contribution in [0.15, 0.2) is 12.1 Å². The maximum absolute atomic E-state index is 12.1. The Morgan fingerprint density at radius 2 is 1.74 bits per heavy atom. The number of aryl methyl sites for hydroxylation is 3. The number of rotatable bonds is 7. The van der Waals surface area contributed by atoms with Crippen LogP contribution in [0.25, 0.3) is 0 Å². The Morgan fingerprint density at radius 1 is 1.13 bits per heavy atom. The number of nitrogens with one attached hydrogen (secondary N) is 4. The normalized spacial score (nSPS) is 10.5. The molecule has 0 aliphatic carbocycles. The van der Waals surface area contributed by atoms with Crippen molar-refractivity contribution in [2.45, 2.75) is 27.2 Å². The lowest BCUT2D eigenvalue weighted by molar-refractivity contribution is -0.858. The molecule has 1 aromatic rings. The first-order valence-electron chi connectivity index (χ1n) is 7.98. The molecule has 0 aliphatic heterocycles. The van der Waals surface area contributed by atoms with Crippen molar-refractivity contribution in [1.82, 2.24) is 10.6 Å². The number of anilines is 1. The van der Waals surface area contributed by atoms with Crippen LogP contribution in [0.1, 0.15) is 23.1 Å². The van der Waals surface area contributed by atoms with Crippen LogP contribution in [0.3, 0.4) is 0 Å². The summed E-state index contributed by atoms with van der Waals surface area (Å²) in [5.41, 5.74) is 4.22. The van der Waals surface area contributed by atoms with Gasteiger partial charge in [0.2, 0.25) is 5.91 Å². The summed E-state index contributed by atoms with van der Waals surface area (Å²) >= 11 is 5.18. The average molecular weight is 338 g/mol. The summed E-state index contributed by atoms with van der Waals surface area (Å²) in [4.78, 5) is 13.5. The predicted molar refractivity (Wildman–Crippen MR) is 100 cm³/mol. The van der Waals surface area contributed by atoms with Gasteiger partial charge in [0.1, 0.15) is 0 Å². The molecule has 128 valence electrons. The highest BCUT2D eigenvalue weighted by molar-refractivity contribution is 7.80. The number of carbonyl (C=O) groups is 1. The van der Waals surface area contributed by atoms with E-state index in [9.17, 15) is 4.79 Å². The van der Waals surface area contributed by atoms with Crippen molar-refractivity contribution in [3.8, 4) is 0 Å². The molecule has 1 rings (SSSR count). The quantitative estimate of drug-likeness (QED) is 0.434. The fraction of sp³-hybridized carbons (Fsp3) is 0.529. The monoisotopic (exact) mass is 337 g/mol. The van der Waals surface area contributed by atoms with Crippen LogP contribution < -0.4 is 20.9 Å². The zero-order chi connectivity index (χ0) is 17.4. The molecule has 0 heterocycles. The first kappa shape index (κ1) is 19.4. The van der Waals surface area contributed by atoms with E-state index in [1.807, 2.05) is 13.8 Å². The Bertz CT molecular complexity index is 535. The molecule has 23 heavy (non-hydrogen) atoms. The van der Waals surface area contributed by atoms with E-state index in [1.165, 1.54) is 10.5 Å². The summed E-state index contributed by atoms with van der Waals surface area (Å²) < 4.78 is 0. The van der Waals surface area contributed by atoms with Crippen LogP contribution in [-0.4, -0.2) is 44.7 Å². The lowest BCUT2D eigenvalue weighted by Crippen LogP contribution is -3.05. The topological polar surface area (TPSA) is 57.6 Å². The summed E-state index contributed by atoms with van der Waals surface area (Å²) in [5, 5.41) is 9.53. The average Bonchev–Trinajstić information content (AvgIpc) is 2.45. The van der Waals surface area contributed by atoms with E-state index >= 15 is 0 Å². The van der Waals surface area contributed by atoms with E-state index in [0.717, 1.165) is 36.3 Å². The predicted octanol–water partition coefficient (Wildman–Crippen LogP) is 0.549. The van der Waals surface area contributed by atoms with Gasteiger partial charge in [-0.05, 0) is 44.1 Å². The molecule has 5 nitrogen and oxygen atoms in total. The fourth-order valence-corrected chi connectivity index (χ4v) is 2.60. The minimum absolute atomic E-state index is 0.0954. The first-order valence-corrected chi connectivity index (χ1v) is 8.39. The van der Waals surface area contributed by atoms with Gasteiger partial charge >= 0.3 is 0 Å². The van der Waals surface area contributed by atoms with Crippen molar-refractivity contribution in [3.05, 3.63) is 28.8 Å². The van der Waals surface area contributed by atoms with E-state index < -0.39 is 0 Å². The van der Waals surface area contributed by atoms with E-state index in [1.54, 1.807) is 0 Å². The summed E-state index contributed by atoms with van der Waals surface area (Å²) in [6.07, 6.45) is 1.04. The largest absolute Gasteiger partial charge is 0.363 e. The molecule has 1 aromatic carbocycles. The Hall–Kier alpha value is -1.66. The highest BCUT2D eigenvalue weighted by Crippen LogP contribution is 2.21. The molecule has 0 aromatic heterocycles. The van der Waals surface area contributed by atoms with E-state index in [4.69, 9.17) is 12.2 Å². The van der Waals surface area contributed by atoms with Crippen molar-refractivity contribution in [3.63, 3.8) is 0 Å². The van der Waals surface area contributed by atoms with Crippen molar-refractivity contribution in [2.75, 3.05) is 39.0 Å². The van der Waals surface area contributed by atoms with Gasteiger partial charge in [0.25, 0.3) is 0 Å². The van der Waals surface area contributed by atoms with Crippen molar-refractivity contribution < 1.29 is 9.69 Å². The second-order valence-electron chi connectivity index (χ2n) is 6.24. The molecule has 0 bridgehead atoms. The summed E-state index contributed by atoms with van der Waals surface area (Å²) in [6, 6.07) is 4.13. The van der Waals surface area contributed by atoms with Gasteiger partial charge in [0, 0.05) is 18.7 Å². The van der Waals surface area contributed by atoms with Crippen LogP contribution in [-0.2, 0) is 4.79 Å². The van der Waals surface area contributed by atoms with Gasteiger partial charge in [0.05, 0.1) is 27.2 Å². The number of quaternary nitrogens is 1. The van der Waals surface area contributed by atoms with Crippen LogP contribution in [0.5, 0.6) is 0 Å². The summed E-state index contributed by atoms with van der Waals surface area (Å²) in [7, 11) is 4.24. The van der Waals surface area contributed by atoms with E-state index in [-0.39, 0.29) is 12.5 Å². The summed E-state index contributed by atoms with van der Waals surface area (Å²) in [6.45, 7) is 8.12. The third kappa shape index (κ3) is 7.43. The number of hydrogen-bond acceptors (Lipinski definition) is 2. The minimum atomic E-state index is -0.0954. The second kappa shape index (κ2) is 9.47. The number of carbonyl (C=O) groups excluding carboxylic acids is 1. The van der Waals surface area contributed by atoms with Crippen LogP contribution in [0.4, 0.5) is 5.69 Å². The zero-order valence-corrected chi connectivity index (χ0v) is 15.6. The zero-order valence-electron chi connectivity index (χ0n) is 14.8. The fourth-order valence-electron chi connectivity index (χ4n) is 2.43. The standard InChI is InChI=1S/C17H28N4OS/c1-12-9-13(2)16(14(3)10-12)20-15(22)11-19-17(23)18-7-6-8-21(4)5/h9-10H,6-8,11H2,1-5H3,(H,20,22)(H2,18,19,23)/p+1. The van der Waals surface area contributed by atoms with E-state index in [2.05, 4.69) is 49.1 Å². The van der Waals surface area contributed by atoms with Crippen LogP contribution in [0.2, 0.25) is 0 Å². The summed E-state index contributed by atoms with van der Waals surface area (Å²) in [5.74, 6) is -0.0954. The molecule has 0 fully saturated rings. The number of thiocarbonyl (C=S) groups is 1. The molecule has 0 radical (unpaired) electrons. The Labute approximate surface area is 144 Å². The third-order valence-corrected chi connectivity index (χ3v) is 3.78. The second-order valence-corrected chi connectivity index (χ2v) is 6.65. The molecule has 0 spiro atoms. The highest BCUT2D eigenvalue weighted by Gasteiger charge is 2.08. The molecule has 6 heteroatoms. The smallest absolute Gasteiger partial charge is 0.243 e. The van der Waals surface area contributed by atoms with Crippen LogP contribution in [0, 0.1) is 20.8 Å². The maximum Gasteiger partial charge on any atom is 0.243 e. The first-order chi connectivity index (χ1) is 10.8. The lowest BCUT2D eigenvalue weighted by Gasteiger charge is -2.14. The van der Waals surface area contributed by atoms with E-state index in [0.29, 0.717) is 5.11 Å². The SMILES string of the molecule is Cc1cc(C)c(NC(=O)CNC(=S)NCCC[NH+](C)C)c(C)c1. The van der Waals surface area contributed by atoms with Gasteiger partial charge in [-0.3, -0.25) is 4.79 Å². The van der Waals surface area contributed by atoms with Gasteiger partial charge in [-0.1, -0.05) is 17.7 Å². The Balaban J connectivity index is 2.36. The van der Waals surface area contributed by atoms with Gasteiger partial charge in [-0.2, -0.15) is 0 Å². The van der Waals surface area contributed by atoms with Gasteiger partial charge in [-0.15, -0.1) is 0 Å². The van der Waals surface area contributed by atoms with Crippen molar-refractivity contribution in [1.29, 1.82) is 0 Å².